The van der Waals surface area contributed by atoms with E-state index in [9.17, 15) is 4.79 Å². The summed E-state index contributed by atoms with van der Waals surface area (Å²) in [5.74, 6) is -0.699. The van der Waals surface area contributed by atoms with Crippen LogP contribution in [0.1, 0.15) is 36.8 Å². The first kappa shape index (κ1) is 12.9. The molecule has 0 aliphatic heterocycles. The topological polar surface area (TPSA) is 40.5 Å². The van der Waals surface area contributed by atoms with Crippen LogP contribution < -0.4 is 4.90 Å². The number of hydrogen-bond acceptors (Lipinski definition) is 2. The van der Waals surface area contributed by atoms with Crippen LogP contribution in [0.2, 0.25) is 0 Å². The molecule has 0 bridgehead atoms. The minimum atomic E-state index is -0.699. The van der Waals surface area contributed by atoms with E-state index in [4.69, 9.17) is 5.11 Å². The Morgan fingerprint density at radius 3 is 2.83 bits per heavy atom. The molecule has 0 heterocycles. The van der Waals surface area contributed by atoms with Gasteiger partial charge in [-0.05, 0) is 55.4 Å². The molecule has 3 nitrogen and oxygen atoms in total. The lowest BCUT2D eigenvalue weighted by Crippen LogP contribution is -2.18. The van der Waals surface area contributed by atoms with Crippen molar-refractivity contribution in [2.45, 2.75) is 38.5 Å². The van der Waals surface area contributed by atoms with Crippen molar-refractivity contribution in [3.05, 3.63) is 29.3 Å². The minimum absolute atomic E-state index is 0.276. The second-order valence-electron chi connectivity index (χ2n) is 5.08. The summed E-state index contributed by atoms with van der Waals surface area (Å²) in [6, 6.07) is 6.71. The number of aliphatic carboxylic acids is 1. The molecule has 0 unspecified atom stereocenters. The Morgan fingerprint density at radius 2 is 2.06 bits per heavy atom. The lowest BCUT2D eigenvalue weighted by Gasteiger charge is -2.20. The van der Waals surface area contributed by atoms with Gasteiger partial charge in [0.15, 0.2) is 0 Å². The summed E-state index contributed by atoms with van der Waals surface area (Å²) in [5, 5.41) is 8.59. The first-order chi connectivity index (χ1) is 8.66. The van der Waals surface area contributed by atoms with E-state index in [1.165, 1.54) is 36.1 Å². The number of carbonyl (C=O) groups is 1. The molecule has 1 N–H and O–H groups in total. The average molecular weight is 247 g/mol. The summed E-state index contributed by atoms with van der Waals surface area (Å²) in [6.07, 6.45) is 5.66. The molecular formula is C15H21NO2. The second kappa shape index (κ2) is 5.89. The van der Waals surface area contributed by atoms with Gasteiger partial charge >= 0.3 is 5.97 Å². The molecule has 0 saturated carbocycles. The maximum Gasteiger partial charge on any atom is 0.303 e. The summed E-state index contributed by atoms with van der Waals surface area (Å²) in [5.41, 5.74) is 4.24. The van der Waals surface area contributed by atoms with E-state index in [0.717, 1.165) is 19.4 Å². The fourth-order valence-electron chi connectivity index (χ4n) is 2.55. The lowest BCUT2D eigenvalue weighted by molar-refractivity contribution is -0.137. The van der Waals surface area contributed by atoms with Gasteiger partial charge in [-0.15, -0.1) is 0 Å². The Kier molecular flexibility index (Phi) is 4.24. The summed E-state index contributed by atoms with van der Waals surface area (Å²) < 4.78 is 0. The van der Waals surface area contributed by atoms with Gasteiger partial charge in [-0.2, -0.15) is 0 Å². The zero-order valence-corrected chi connectivity index (χ0v) is 11.0. The van der Waals surface area contributed by atoms with Gasteiger partial charge in [0, 0.05) is 25.7 Å². The Balaban J connectivity index is 1.85. The van der Waals surface area contributed by atoms with Gasteiger partial charge < -0.3 is 10.0 Å². The van der Waals surface area contributed by atoms with Crippen molar-refractivity contribution in [3.63, 3.8) is 0 Å². The van der Waals surface area contributed by atoms with Gasteiger partial charge in [0.25, 0.3) is 0 Å². The molecule has 2 rings (SSSR count). The van der Waals surface area contributed by atoms with Gasteiger partial charge in [-0.1, -0.05) is 6.07 Å². The van der Waals surface area contributed by atoms with Gasteiger partial charge in [0.2, 0.25) is 0 Å². The van der Waals surface area contributed by atoms with Crippen LogP contribution in [0.4, 0.5) is 5.69 Å². The van der Waals surface area contributed by atoms with Crippen LogP contribution in [0.5, 0.6) is 0 Å². The molecule has 1 aromatic carbocycles. The molecule has 0 aromatic heterocycles. The van der Waals surface area contributed by atoms with E-state index in [1.54, 1.807) is 0 Å². The van der Waals surface area contributed by atoms with Crippen LogP contribution in [0, 0.1) is 0 Å². The van der Waals surface area contributed by atoms with Crippen LogP contribution in [0.25, 0.3) is 0 Å². The van der Waals surface area contributed by atoms with Crippen LogP contribution in [0.3, 0.4) is 0 Å². The first-order valence-electron chi connectivity index (χ1n) is 6.71. The number of carboxylic acid groups (broad SMARTS) is 1. The Morgan fingerprint density at radius 1 is 1.28 bits per heavy atom. The van der Waals surface area contributed by atoms with Crippen LogP contribution in [-0.4, -0.2) is 24.7 Å². The van der Waals surface area contributed by atoms with Crippen molar-refractivity contribution in [1.82, 2.24) is 0 Å². The fraction of sp³-hybridized carbons (Fsp3) is 0.533. The lowest BCUT2D eigenvalue weighted by atomic mass is 10.1. The third-order valence-corrected chi connectivity index (χ3v) is 3.66. The largest absolute Gasteiger partial charge is 0.481 e. The van der Waals surface area contributed by atoms with Crippen molar-refractivity contribution in [2.24, 2.45) is 0 Å². The molecule has 0 fully saturated rings. The van der Waals surface area contributed by atoms with Gasteiger partial charge in [-0.25, -0.2) is 0 Å². The monoisotopic (exact) mass is 247 g/mol. The zero-order chi connectivity index (χ0) is 13.0. The Hall–Kier alpha value is -1.51. The van der Waals surface area contributed by atoms with E-state index >= 15 is 0 Å². The van der Waals surface area contributed by atoms with E-state index in [0.29, 0.717) is 0 Å². The number of unbranched alkanes of at least 4 members (excludes halogenated alkanes) is 1. The number of carboxylic acids is 1. The van der Waals surface area contributed by atoms with Crippen LogP contribution >= 0.6 is 0 Å². The molecule has 0 radical (unpaired) electrons. The average Bonchev–Trinajstić information content (AvgIpc) is 2.81. The smallest absolute Gasteiger partial charge is 0.303 e. The molecule has 98 valence electrons. The first-order valence-corrected chi connectivity index (χ1v) is 6.71. The summed E-state index contributed by atoms with van der Waals surface area (Å²) in [7, 11) is 2.08. The molecule has 1 aromatic rings. The number of fused-ring (bicyclic) bond motifs is 1. The normalized spacial score (nSPS) is 13.4. The molecule has 0 amide bonds. The minimum Gasteiger partial charge on any atom is -0.481 e. The number of hydrogen-bond donors (Lipinski definition) is 1. The van der Waals surface area contributed by atoms with Crippen molar-refractivity contribution in [1.29, 1.82) is 0 Å². The molecule has 0 atom stereocenters. The molecule has 1 aliphatic carbocycles. The highest BCUT2D eigenvalue weighted by Crippen LogP contribution is 2.26. The number of rotatable bonds is 6. The summed E-state index contributed by atoms with van der Waals surface area (Å²) >= 11 is 0. The van der Waals surface area contributed by atoms with Gasteiger partial charge in [0.05, 0.1) is 0 Å². The summed E-state index contributed by atoms with van der Waals surface area (Å²) in [6.45, 7) is 0.923. The zero-order valence-electron chi connectivity index (χ0n) is 11.0. The highest BCUT2D eigenvalue weighted by Gasteiger charge is 2.12. The van der Waals surface area contributed by atoms with Gasteiger partial charge in [-0.3, -0.25) is 4.79 Å². The van der Waals surface area contributed by atoms with E-state index in [-0.39, 0.29) is 6.42 Å². The Labute approximate surface area is 108 Å². The second-order valence-corrected chi connectivity index (χ2v) is 5.08. The quantitative estimate of drug-likeness (QED) is 0.786. The van der Waals surface area contributed by atoms with E-state index in [1.807, 2.05) is 0 Å². The number of aryl methyl sites for hydroxylation is 2. The van der Waals surface area contributed by atoms with Crippen molar-refractivity contribution in [2.75, 3.05) is 18.5 Å². The molecule has 0 spiro atoms. The van der Waals surface area contributed by atoms with Crippen LogP contribution in [-0.2, 0) is 17.6 Å². The molecule has 0 saturated heterocycles. The van der Waals surface area contributed by atoms with Crippen molar-refractivity contribution >= 4 is 11.7 Å². The number of benzene rings is 1. The number of anilines is 1. The maximum atomic E-state index is 10.4. The molecule has 1 aliphatic rings. The van der Waals surface area contributed by atoms with Crippen molar-refractivity contribution in [3.8, 4) is 0 Å². The van der Waals surface area contributed by atoms with E-state index in [2.05, 4.69) is 30.1 Å². The van der Waals surface area contributed by atoms with E-state index < -0.39 is 5.97 Å². The molecule has 18 heavy (non-hydrogen) atoms. The highest BCUT2D eigenvalue weighted by molar-refractivity contribution is 5.66. The predicted octanol–water partition coefficient (Wildman–Crippen LogP) is 2.87. The predicted molar refractivity (Wildman–Crippen MR) is 73.2 cm³/mol. The van der Waals surface area contributed by atoms with Crippen LogP contribution in [0.15, 0.2) is 18.2 Å². The highest BCUT2D eigenvalue weighted by atomic mass is 16.4. The third-order valence-electron chi connectivity index (χ3n) is 3.66. The third kappa shape index (κ3) is 3.25. The summed E-state index contributed by atoms with van der Waals surface area (Å²) in [4.78, 5) is 12.7. The Bertz CT molecular complexity index is 429. The fourth-order valence-corrected chi connectivity index (χ4v) is 2.55. The van der Waals surface area contributed by atoms with Gasteiger partial charge in [0.1, 0.15) is 0 Å². The maximum absolute atomic E-state index is 10.4. The number of nitrogens with zero attached hydrogens (tertiary/aromatic N) is 1. The molecular weight excluding hydrogens is 226 g/mol. The SMILES string of the molecule is CN(CCCCC(=O)O)c1ccc2c(c1)CCC2. The van der Waals surface area contributed by atoms with Crippen molar-refractivity contribution < 1.29 is 9.90 Å². The molecule has 3 heteroatoms. The standard InChI is InChI=1S/C15H21NO2/c1-16(10-3-2-7-15(17)18)14-9-8-12-5-4-6-13(12)11-14/h8-9,11H,2-7,10H2,1H3,(H,17,18).